The van der Waals surface area contributed by atoms with Gasteiger partial charge in [-0.15, -0.1) is 0 Å². The molecule has 0 aliphatic rings. The van der Waals surface area contributed by atoms with Gasteiger partial charge in [-0.25, -0.2) is 15.0 Å². The van der Waals surface area contributed by atoms with Gasteiger partial charge in [-0.3, -0.25) is 4.99 Å². The number of aliphatic imine (C=N–C) groups is 4. The van der Waals surface area contributed by atoms with Crippen molar-refractivity contribution in [3.8, 4) is 11.4 Å². The zero-order valence-electron chi connectivity index (χ0n) is 39.3. The van der Waals surface area contributed by atoms with Gasteiger partial charge in [-0.05, 0) is 163 Å². The minimum absolute atomic E-state index is 0.282. The van der Waals surface area contributed by atoms with E-state index in [2.05, 4.69) is 171 Å². The van der Waals surface area contributed by atoms with Crippen molar-refractivity contribution in [3.05, 3.63) is 169 Å². The number of aryl methyl sites for hydroxylation is 2. The predicted molar refractivity (Wildman–Crippen MR) is 266 cm³/mol. The molecule has 2 heterocycles. The van der Waals surface area contributed by atoms with Crippen LogP contribution in [0.5, 0.6) is 0 Å². The van der Waals surface area contributed by atoms with E-state index in [1.165, 1.54) is 50.6 Å². The number of anilines is 1. The number of rotatable bonds is 10. The van der Waals surface area contributed by atoms with Crippen LogP contribution in [-0.4, -0.2) is 32.5 Å². The Balaban J connectivity index is 1.48. The number of hydrogen-bond acceptors (Lipinski definition) is 2. The van der Waals surface area contributed by atoms with Crippen molar-refractivity contribution in [1.29, 1.82) is 0 Å². The number of aromatic nitrogens is 2. The number of benzene rings is 4. The maximum Gasteiger partial charge on any atom is 0.162 e. The first-order valence-corrected chi connectivity index (χ1v) is 21.5. The third kappa shape index (κ3) is 9.20. The van der Waals surface area contributed by atoms with E-state index in [-0.39, 0.29) is 5.92 Å². The summed E-state index contributed by atoms with van der Waals surface area (Å²) < 4.78 is 4.66. The molecule has 0 unspecified atom stereocenters. The maximum absolute atomic E-state index is 6.26. The largest absolute Gasteiger partial charge is 0.387 e. The Hall–Kier alpha value is -6.54. The molecule has 8 heteroatoms. The SMILES string of the molecule is C=Cc1ccc(C(N=C(C)N)=Nc2cc(-n3c(C)c(C)c(C)c3C)ccc2CN=C(C)N=C(Nc2cc(-n3c(C)c(C)c(C)c3C)ccc2C(C)C)c2ccccc2C)c(C)c1. The molecule has 62 heavy (non-hydrogen) atoms. The lowest BCUT2D eigenvalue weighted by atomic mass is 9.99. The van der Waals surface area contributed by atoms with Gasteiger partial charge in [0.25, 0.3) is 0 Å². The first-order valence-electron chi connectivity index (χ1n) is 21.5. The van der Waals surface area contributed by atoms with Gasteiger partial charge in [0, 0.05) is 51.0 Å². The molecule has 2 aromatic heterocycles. The molecule has 0 fully saturated rings. The van der Waals surface area contributed by atoms with Crippen LogP contribution in [0.25, 0.3) is 17.5 Å². The van der Waals surface area contributed by atoms with E-state index in [1.54, 1.807) is 6.92 Å². The summed E-state index contributed by atoms with van der Waals surface area (Å²) in [4.78, 5) is 20.4. The van der Waals surface area contributed by atoms with E-state index >= 15 is 0 Å². The first kappa shape index (κ1) is 45.0. The molecule has 0 saturated carbocycles. The van der Waals surface area contributed by atoms with Crippen LogP contribution in [0.4, 0.5) is 11.4 Å². The van der Waals surface area contributed by atoms with E-state index < -0.39 is 0 Å². The Morgan fingerprint density at radius 2 is 1.26 bits per heavy atom. The Morgan fingerprint density at radius 3 is 1.81 bits per heavy atom. The first-order chi connectivity index (χ1) is 29.4. The Labute approximate surface area is 369 Å². The third-order valence-corrected chi connectivity index (χ3v) is 12.5. The Bertz CT molecular complexity index is 2760. The molecule has 0 radical (unpaired) electrons. The molecule has 0 atom stereocenters. The summed E-state index contributed by atoms with van der Waals surface area (Å²) in [6, 6.07) is 27.6. The van der Waals surface area contributed by atoms with Gasteiger partial charge >= 0.3 is 0 Å². The molecular weight excluding hydrogens is 761 g/mol. The number of nitrogens with one attached hydrogen (secondary N) is 1. The van der Waals surface area contributed by atoms with Crippen molar-refractivity contribution < 1.29 is 0 Å². The second kappa shape index (κ2) is 18.6. The van der Waals surface area contributed by atoms with Crippen molar-refractivity contribution >= 4 is 40.8 Å². The molecule has 320 valence electrons. The normalized spacial score (nSPS) is 12.8. The van der Waals surface area contributed by atoms with Crippen LogP contribution in [-0.2, 0) is 6.54 Å². The van der Waals surface area contributed by atoms with Crippen molar-refractivity contribution in [1.82, 2.24) is 9.13 Å². The minimum atomic E-state index is 0.282. The molecule has 0 aliphatic carbocycles. The monoisotopic (exact) mass is 825 g/mol. The second-order valence-electron chi connectivity index (χ2n) is 17.0. The summed E-state index contributed by atoms with van der Waals surface area (Å²) in [6.07, 6.45) is 1.84. The molecule has 0 saturated heterocycles. The Kier molecular flexibility index (Phi) is 13.5. The lowest BCUT2D eigenvalue weighted by Crippen LogP contribution is -2.18. The van der Waals surface area contributed by atoms with Crippen LogP contribution in [0.2, 0.25) is 0 Å². The third-order valence-electron chi connectivity index (χ3n) is 12.5. The highest BCUT2D eigenvalue weighted by Crippen LogP contribution is 2.33. The van der Waals surface area contributed by atoms with Crippen molar-refractivity contribution in [3.63, 3.8) is 0 Å². The average Bonchev–Trinajstić information content (AvgIpc) is 3.55. The van der Waals surface area contributed by atoms with Crippen LogP contribution in [0.15, 0.2) is 105 Å². The quantitative estimate of drug-likeness (QED) is 0.106. The zero-order valence-corrected chi connectivity index (χ0v) is 39.3. The molecule has 8 nitrogen and oxygen atoms in total. The fraction of sp³-hybridized carbons (Fsp3) is 0.296. The van der Waals surface area contributed by atoms with E-state index in [0.717, 1.165) is 62.0 Å². The van der Waals surface area contributed by atoms with E-state index in [4.69, 9.17) is 25.7 Å². The highest BCUT2D eigenvalue weighted by atomic mass is 15.1. The second-order valence-corrected chi connectivity index (χ2v) is 17.0. The van der Waals surface area contributed by atoms with Gasteiger partial charge < -0.3 is 20.2 Å². The highest BCUT2D eigenvalue weighted by molar-refractivity contribution is 6.14. The summed E-state index contributed by atoms with van der Waals surface area (Å²) in [5.74, 6) is 2.61. The van der Waals surface area contributed by atoms with Crippen LogP contribution >= 0.6 is 0 Å². The number of nitrogens with two attached hydrogens (primary N) is 1. The van der Waals surface area contributed by atoms with Crippen LogP contribution in [0.1, 0.15) is 118 Å². The number of hydrogen-bond donors (Lipinski definition) is 2. The summed E-state index contributed by atoms with van der Waals surface area (Å²) in [7, 11) is 0. The molecule has 0 amide bonds. The topological polar surface area (TPSA) is 97.3 Å². The van der Waals surface area contributed by atoms with Crippen LogP contribution in [0, 0.1) is 69.2 Å². The Morgan fingerprint density at radius 1 is 0.677 bits per heavy atom. The van der Waals surface area contributed by atoms with Crippen LogP contribution < -0.4 is 11.1 Å². The standard InChI is InChI=1S/C54H64N8/c1-16-44-21-25-50(33(5)27-44)53(57-42(14)55)59-51-28-46(61-38(10)34(6)35(7)39(61)11)23-22-45(51)30-56-43(15)58-54(49-20-18-17-19-32(49)4)60-52-29-47(24-26-48(52)31(2)3)62-40(12)36(8)37(9)41(62)13/h16-29,31H,1,30H2,2-15H3,(H2,55,57,59)(H,56,58,60). The fourth-order valence-electron chi connectivity index (χ4n) is 8.27. The molecular formula is C54H64N8. The van der Waals surface area contributed by atoms with Gasteiger partial charge in [0.1, 0.15) is 11.7 Å². The molecule has 6 rings (SSSR count). The average molecular weight is 825 g/mol. The van der Waals surface area contributed by atoms with Gasteiger partial charge in [0.2, 0.25) is 0 Å². The van der Waals surface area contributed by atoms with E-state index in [1.807, 2.05) is 25.1 Å². The number of amidine groups is 4. The summed E-state index contributed by atoms with van der Waals surface area (Å²) in [6.45, 7) is 34.2. The number of nitrogens with zero attached hydrogens (tertiary/aromatic N) is 6. The smallest absolute Gasteiger partial charge is 0.162 e. The van der Waals surface area contributed by atoms with Gasteiger partial charge in [-0.1, -0.05) is 81.1 Å². The molecule has 4 aromatic carbocycles. The van der Waals surface area contributed by atoms with Crippen molar-refractivity contribution in [2.45, 2.75) is 109 Å². The van der Waals surface area contributed by atoms with E-state index in [0.29, 0.717) is 24.1 Å². The van der Waals surface area contributed by atoms with Crippen molar-refractivity contribution in [2.75, 3.05) is 5.32 Å². The van der Waals surface area contributed by atoms with Gasteiger partial charge in [0.05, 0.1) is 18.1 Å². The predicted octanol–water partition coefficient (Wildman–Crippen LogP) is 13.1. The lowest BCUT2D eigenvalue weighted by Gasteiger charge is -2.20. The summed E-state index contributed by atoms with van der Waals surface area (Å²) >= 11 is 0. The lowest BCUT2D eigenvalue weighted by molar-refractivity contribution is 0.866. The molecule has 0 bridgehead atoms. The molecule has 3 N–H and O–H groups in total. The molecule has 0 aliphatic heterocycles. The highest BCUT2D eigenvalue weighted by Gasteiger charge is 2.19. The fourth-order valence-corrected chi connectivity index (χ4v) is 8.27. The van der Waals surface area contributed by atoms with Crippen molar-refractivity contribution in [2.24, 2.45) is 25.7 Å². The van der Waals surface area contributed by atoms with Gasteiger partial charge in [-0.2, -0.15) is 0 Å². The minimum Gasteiger partial charge on any atom is -0.387 e. The maximum atomic E-state index is 6.26. The molecule has 6 aromatic rings. The summed E-state index contributed by atoms with van der Waals surface area (Å²) in [5, 5.41) is 3.81. The van der Waals surface area contributed by atoms with Gasteiger partial charge in [0.15, 0.2) is 5.84 Å². The van der Waals surface area contributed by atoms with E-state index in [9.17, 15) is 0 Å². The van der Waals surface area contributed by atoms with Crippen LogP contribution in [0.3, 0.4) is 0 Å². The zero-order chi connectivity index (χ0) is 45.2. The summed E-state index contributed by atoms with van der Waals surface area (Å²) in [5.41, 5.74) is 27.5. The molecule has 0 spiro atoms.